The molecule has 0 saturated carbocycles. The largest absolute Gasteiger partial charge is 0.347 e. The molecule has 2 unspecified atom stereocenters. The standard InChI is InChI=1S/C9H18O2/c1-5-8-6-7(2)10-9(3,4)11-8/h7-8H,5-6H2,1-4H3. The lowest BCUT2D eigenvalue weighted by Gasteiger charge is -2.39. The minimum absolute atomic E-state index is 0.337. The summed E-state index contributed by atoms with van der Waals surface area (Å²) in [5.41, 5.74) is 0. The van der Waals surface area contributed by atoms with Gasteiger partial charge in [0, 0.05) is 0 Å². The third-order valence-electron chi connectivity index (χ3n) is 1.99. The predicted molar refractivity (Wildman–Crippen MR) is 44.4 cm³/mol. The van der Waals surface area contributed by atoms with Crippen molar-refractivity contribution >= 4 is 0 Å². The van der Waals surface area contributed by atoms with Gasteiger partial charge < -0.3 is 9.47 Å². The van der Waals surface area contributed by atoms with Crippen molar-refractivity contribution < 1.29 is 9.47 Å². The number of ether oxygens (including phenoxy) is 2. The molecule has 0 N–H and O–H groups in total. The van der Waals surface area contributed by atoms with E-state index < -0.39 is 0 Å². The van der Waals surface area contributed by atoms with Gasteiger partial charge in [0.05, 0.1) is 12.2 Å². The van der Waals surface area contributed by atoms with Gasteiger partial charge in [0.25, 0.3) is 0 Å². The van der Waals surface area contributed by atoms with Gasteiger partial charge in [-0.1, -0.05) is 6.92 Å². The fourth-order valence-electron chi connectivity index (χ4n) is 1.63. The van der Waals surface area contributed by atoms with E-state index >= 15 is 0 Å². The molecule has 0 aromatic heterocycles. The minimum Gasteiger partial charge on any atom is -0.347 e. The maximum atomic E-state index is 5.67. The second kappa shape index (κ2) is 3.11. The van der Waals surface area contributed by atoms with Crippen molar-refractivity contribution in [3.63, 3.8) is 0 Å². The van der Waals surface area contributed by atoms with Crippen molar-refractivity contribution in [3.8, 4) is 0 Å². The molecule has 1 fully saturated rings. The molecule has 0 aromatic carbocycles. The van der Waals surface area contributed by atoms with Gasteiger partial charge >= 0.3 is 0 Å². The lowest BCUT2D eigenvalue weighted by molar-refractivity contribution is -0.296. The van der Waals surface area contributed by atoms with Crippen LogP contribution in [-0.2, 0) is 9.47 Å². The van der Waals surface area contributed by atoms with E-state index in [4.69, 9.17) is 9.47 Å². The summed E-state index contributed by atoms with van der Waals surface area (Å²) in [5, 5.41) is 0. The van der Waals surface area contributed by atoms with Crippen molar-refractivity contribution in [3.05, 3.63) is 0 Å². The molecule has 0 bridgehead atoms. The van der Waals surface area contributed by atoms with Crippen molar-refractivity contribution in [2.24, 2.45) is 0 Å². The second-order valence-electron chi connectivity index (χ2n) is 3.71. The fraction of sp³-hybridized carbons (Fsp3) is 1.00. The lowest BCUT2D eigenvalue weighted by Crippen LogP contribution is -2.43. The van der Waals surface area contributed by atoms with Crippen LogP contribution in [0.25, 0.3) is 0 Å². The summed E-state index contributed by atoms with van der Waals surface area (Å²) in [6.07, 6.45) is 2.83. The fourth-order valence-corrected chi connectivity index (χ4v) is 1.63. The van der Waals surface area contributed by atoms with Gasteiger partial charge in [-0.15, -0.1) is 0 Å². The first kappa shape index (κ1) is 9.01. The first-order chi connectivity index (χ1) is 5.03. The third-order valence-corrected chi connectivity index (χ3v) is 1.99. The Bertz CT molecular complexity index is 132. The van der Waals surface area contributed by atoms with E-state index in [1.807, 2.05) is 13.8 Å². The summed E-state index contributed by atoms with van der Waals surface area (Å²) in [4.78, 5) is 0. The van der Waals surface area contributed by atoms with Gasteiger partial charge in [-0.05, 0) is 33.6 Å². The normalized spacial score (nSPS) is 37.1. The summed E-state index contributed by atoms with van der Waals surface area (Å²) in [5.74, 6) is -0.377. The van der Waals surface area contributed by atoms with Crippen LogP contribution in [0.2, 0.25) is 0 Å². The Labute approximate surface area is 68.9 Å². The van der Waals surface area contributed by atoms with Crippen molar-refractivity contribution in [2.45, 2.75) is 58.5 Å². The summed E-state index contributed by atoms with van der Waals surface area (Å²) in [6, 6.07) is 0. The molecule has 1 heterocycles. The Morgan fingerprint density at radius 1 is 1.36 bits per heavy atom. The van der Waals surface area contributed by atoms with Gasteiger partial charge in [-0.3, -0.25) is 0 Å². The van der Waals surface area contributed by atoms with E-state index in [-0.39, 0.29) is 5.79 Å². The number of hydrogen-bond donors (Lipinski definition) is 0. The Kier molecular flexibility index (Phi) is 2.55. The molecule has 1 saturated heterocycles. The Morgan fingerprint density at radius 3 is 2.45 bits per heavy atom. The average Bonchev–Trinajstić information content (AvgIpc) is 1.83. The molecule has 1 aliphatic rings. The molecule has 2 heteroatoms. The zero-order valence-corrected chi connectivity index (χ0v) is 7.89. The summed E-state index contributed by atoms with van der Waals surface area (Å²) < 4.78 is 11.3. The zero-order chi connectivity index (χ0) is 8.48. The van der Waals surface area contributed by atoms with Crippen LogP contribution in [0.15, 0.2) is 0 Å². The molecule has 11 heavy (non-hydrogen) atoms. The van der Waals surface area contributed by atoms with Crippen LogP contribution in [0.3, 0.4) is 0 Å². The highest BCUT2D eigenvalue weighted by Gasteiger charge is 2.32. The van der Waals surface area contributed by atoms with Crippen LogP contribution < -0.4 is 0 Å². The van der Waals surface area contributed by atoms with Crippen molar-refractivity contribution in [2.75, 3.05) is 0 Å². The SMILES string of the molecule is CCC1CC(C)OC(C)(C)O1. The smallest absolute Gasteiger partial charge is 0.163 e. The summed E-state index contributed by atoms with van der Waals surface area (Å²) >= 11 is 0. The molecule has 1 aliphatic heterocycles. The molecule has 1 rings (SSSR count). The zero-order valence-electron chi connectivity index (χ0n) is 7.89. The monoisotopic (exact) mass is 158 g/mol. The van der Waals surface area contributed by atoms with E-state index in [1.54, 1.807) is 0 Å². The topological polar surface area (TPSA) is 18.5 Å². The summed E-state index contributed by atoms with van der Waals surface area (Å²) in [7, 11) is 0. The van der Waals surface area contributed by atoms with E-state index in [1.165, 1.54) is 0 Å². The van der Waals surface area contributed by atoms with Crippen LogP contribution in [0.4, 0.5) is 0 Å². The Balaban J connectivity index is 2.51. The number of hydrogen-bond acceptors (Lipinski definition) is 2. The Hall–Kier alpha value is -0.0800. The van der Waals surface area contributed by atoms with E-state index in [9.17, 15) is 0 Å². The van der Waals surface area contributed by atoms with Gasteiger partial charge in [0.1, 0.15) is 0 Å². The molecule has 0 spiro atoms. The lowest BCUT2D eigenvalue weighted by atomic mass is 10.1. The van der Waals surface area contributed by atoms with Gasteiger partial charge in [0.2, 0.25) is 0 Å². The van der Waals surface area contributed by atoms with Crippen LogP contribution in [0.5, 0.6) is 0 Å². The maximum Gasteiger partial charge on any atom is 0.163 e. The van der Waals surface area contributed by atoms with E-state index in [0.717, 1.165) is 12.8 Å². The quantitative estimate of drug-likeness (QED) is 0.583. The van der Waals surface area contributed by atoms with Gasteiger partial charge in [-0.2, -0.15) is 0 Å². The van der Waals surface area contributed by atoms with Crippen LogP contribution in [0.1, 0.15) is 40.5 Å². The van der Waals surface area contributed by atoms with Crippen molar-refractivity contribution in [1.29, 1.82) is 0 Å². The molecule has 66 valence electrons. The Morgan fingerprint density at radius 2 is 2.00 bits per heavy atom. The molecule has 2 nitrogen and oxygen atoms in total. The molecule has 2 atom stereocenters. The molecular weight excluding hydrogens is 140 g/mol. The second-order valence-corrected chi connectivity index (χ2v) is 3.71. The first-order valence-electron chi connectivity index (χ1n) is 4.39. The molecule has 0 amide bonds. The predicted octanol–water partition coefficient (Wildman–Crippen LogP) is 2.33. The van der Waals surface area contributed by atoms with Crippen LogP contribution >= 0.6 is 0 Å². The maximum absolute atomic E-state index is 5.67. The molecule has 0 aliphatic carbocycles. The van der Waals surface area contributed by atoms with Crippen molar-refractivity contribution in [1.82, 2.24) is 0 Å². The third kappa shape index (κ3) is 2.46. The molecule has 0 radical (unpaired) electrons. The van der Waals surface area contributed by atoms with Crippen LogP contribution in [0, 0.1) is 0 Å². The highest BCUT2D eigenvalue weighted by molar-refractivity contribution is 4.72. The molecule has 0 aromatic rings. The molecular formula is C9H18O2. The average molecular weight is 158 g/mol. The van der Waals surface area contributed by atoms with Gasteiger partial charge in [0.15, 0.2) is 5.79 Å². The summed E-state index contributed by atoms with van der Waals surface area (Å²) in [6.45, 7) is 8.21. The first-order valence-corrected chi connectivity index (χ1v) is 4.39. The minimum atomic E-state index is -0.377. The van der Waals surface area contributed by atoms with E-state index in [0.29, 0.717) is 12.2 Å². The van der Waals surface area contributed by atoms with E-state index in [2.05, 4.69) is 13.8 Å². The highest BCUT2D eigenvalue weighted by atomic mass is 16.7. The number of rotatable bonds is 1. The van der Waals surface area contributed by atoms with Gasteiger partial charge in [-0.25, -0.2) is 0 Å². The van der Waals surface area contributed by atoms with Crippen LogP contribution in [-0.4, -0.2) is 18.0 Å². The highest BCUT2D eigenvalue weighted by Crippen LogP contribution is 2.27.